The van der Waals surface area contributed by atoms with E-state index < -0.39 is 23.0 Å². The molecule has 2 saturated heterocycles. The molecule has 5 nitrogen and oxygen atoms in total. The monoisotopic (exact) mass is 306 g/mol. The number of hydrogen-bond donors (Lipinski definition) is 1. The summed E-state index contributed by atoms with van der Waals surface area (Å²) in [7, 11) is -1.49. The number of nitrogens with one attached hydrogen (secondary N) is 1. The molecule has 0 saturated carbocycles. The fourth-order valence-corrected chi connectivity index (χ4v) is 3.93. The molecule has 1 unspecified atom stereocenters. The first kappa shape index (κ1) is 13.9. The van der Waals surface area contributed by atoms with Crippen molar-refractivity contribution in [2.45, 2.75) is 18.0 Å². The van der Waals surface area contributed by atoms with Crippen molar-refractivity contribution in [2.24, 2.45) is 5.41 Å². The van der Waals surface area contributed by atoms with E-state index in [-0.39, 0.29) is 16.0 Å². The fourth-order valence-electron chi connectivity index (χ4n) is 2.42. The van der Waals surface area contributed by atoms with Crippen LogP contribution in [0.1, 0.15) is 11.5 Å². The summed E-state index contributed by atoms with van der Waals surface area (Å²) in [6.45, 7) is 4.61. The summed E-state index contributed by atoms with van der Waals surface area (Å²) in [6.07, 6.45) is -3.56. The van der Waals surface area contributed by atoms with Gasteiger partial charge in [0, 0.05) is 37.8 Å². The Kier molecular flexibility index (Phi) is 3.11. The van der Waals surface area contributed by atoms with Crippen LogP contribution in [0.15, 0.2) is 11.1 Å². The summed E-state index contributed by atoms with van der Waals surface area (Å²) in [5.41, 5.74) is 0.314. The van der Waals surface area contributed by atoms with Gasteiger partial charge >= 0.3 is 6.18 Å². The molecule has 2 fully saturated rings. The van der Waals surface area contributed by atoms with E-state index in [0.717, 1.165) is 19.3 Å². The Morgan fingerprint density at radius 2 is 2.05 bits per heavy atom. The molecule has 3 rings (SSSR count). The van der Waals surface area contributed by atoms with Crippen LogP contribution in [-0.4, -0.2) is 44.7 Å². The number of rotatable bonds is 2. The van der Waals surface area contributed by atoms with Crippen LogP contribution >= 0.6 is 0 Å². The highest BCUT2D eigenvalue weighted by Gasteiger charge is 2.49. The molecule has 2 aliphatic heterocycles. The van der Waals surface area contributed by atoms with E-state index in [4.69, 9.17) is 0 Å². The summed E-state index contributed by atoms with van der Waals surface area (Å²) in [5.74, 6) is -1.20. The Hall–Kier alpha value is -1.06. The van der Waals surface area contributed by atoms with Crippen LogP contribution < -0.4 is 5.32 Å². The van der Waals surface area contributed by atoms with Crippen molar-refractivity contribution in [3.8, 4) is 0 Å². The van der Waals surface area contributed by atoms with Crippen LogP contribution in [0.25, 0.3) is 0 Å². The lowest BCUT2D eigenvalue weighted by Crippen LogP contribution is -2.71. The molecule has 1 aromatic rings. The lowest BCUT2D eigenvalue weighted by atomic mass is 9.76. The smallest absolute Gasteiger partial charge is 0.315 e. The van der Waals surface area contributed by atoms with E-state index in [9.17, 15) is 17.4 Å². The van der Waals surface area contributed by atoms with Crippen molar-refractivity contribution >= 4 is 11.0 Å². The van der Waals surface area contributed by atoms with Gasteiger partial charge in [-0.05, 0) is 6.92 Å². The third-order valence-corrected chi connectivity index (χ3v) is 5.14. The second kappa shape index (κ2) is 4.47. The molecule has 1 N–H and O–H groups in total. The number of hydrogen-bond acceptors (Lipinski definition) is 4. The number of alkyl halides is 3. The maximum atomic E-state index is 12.5. The first-order chi connectivity index (χ1) is 9.31. The zero-order valence-electron chi connectivity index (χ0n) is 10.7. The van der Waals surface area contributed by atoms with Gasteiger partial charge in [0.05, 0.1) is 10.6 Å². The van der Waals surface area contributed by atoms with Gasteiger partial charge in [-0.1, -0.05) is 0 Å². The molecule has 0 bridgehead atoms. The minimum Gasteiger partial charge on any atom is -0.315 e. The van der Waals surface area contributed by atoms with Gasteiger partial charge in [-0.15, -0.1) is 0 Å². The Labute approximate surface area is 116 Å². The van der Waals surface area contributed by atoms with E-state index in [2.05, 4.69) is 15.3 Å². The second-order valence-corrected chi connectivity index (χ2v) is 6.75. The quantitative estimate of drug-likeness (QED) is 0.875. The predicted molar refractivity (Wildman–Crippen MR) is 65.1 cm³/mol. The van der Waals surface area contributed by atoms with Crippen molar-refractivity contribution in [1.82, 2.24) is 19.6 Å². The molecule has 1 spiro atoms. The Bertz CT molecular complexity index is 565. The molecule has 0 aromatic carbocycles. The molecule has 3 heterocycles. The van der Waals surface area contributed by atoms with Crippen LogP contribution in [0.4, 0.5) is 13.2 Å². The van der Waals surface area contributed by atoms with Gasteiger partial charge in [0.25, 0.3) is 0 Å². The Balaban J connectivity index is 1.76. The maximum Gasteiger partial charge on any atom is 0.451 e. The molecule has 110 valence electrons. The average Bonchev–Trinajstić information content (AvgIpc) is 2.23. The van der Waals surface area contributed by atoms with Crippen LogP contribution in [0, 0.1) is 12.3 Å². The van der Waals surface area contributed by atoms with Crippen molar-refractivity contribution in [2.75, 3.05) is 26.2 Å². The largest absolute Gasteiger partial charge is 0.451 e. The molecular formula is C11H13F3N4OS. The van der Waals surface area contributed by atoms with Gasteiger partial charge in [-0.3, -0.25) is 0 Å². The second-order valence-electron chi connectivity index (χ2n) is 5.29. The van der Waals surface area contributed by atoms with Crippen molar-refractivity contribution in [3.05, 3.63) is 17.7 Å². The van der Waals surface area contributed by atoms with Crippen LogP contribution in [0.3, 0.4) is 0 Å². The third-order valence-electron chi connectivity index (χ3n) is 3.63. The van der Waals surface area contributed by atoms with Crippen molar-refractivity contribution < 1.29 is 17.4 Å². The minimum atomic E-state index is -4.58. The molecule has 0 amide bonds. The standard InChI is InChI=1S/C11H13F3N4OS/c1-7-8(2-16-9(17-7)11(12,13)14)20(19)18-5-10(6-18)3-15-4-10/h2,15H,3-6H2,1H3. The van der Waals surface area contributed by atoms with Gasteiger partial charge in [0.2, 0.25) is 5.82 Å². The number of aryl methyl sites for hydroxylation is 1. The van der Waals surface area contributed by atoms with Crippen molar-refractivity contribution in [3.63, 3.8) is 0 Å². The molecule has 9 heteroatoms. The van der Waals surface area contributed by atoms with Crippen molar-refractivity contribution in [1.29, 1.82) is 0 Å². The first-order valence-electron chi connectivity index (χ1n) is 6.09. The third kappa shape index (κ3) is 2.23. The Morgan fingerprint density at radius 1 is 1.40 bits per heavy atom. The zero-order chi connectivity index (χ0) is 14.5. The summed E-state index contributed by atoms with van der Waals surface area (Å²) in [6, 6.07) is 0. The summed E-state index contributed by atoms with van der Waals surface area (Å²) < 4.78 is 51.4. The predicted octanol–water partition coefficient (Wildman–Crippen LogP) is 0.732. The maximum absolute atomic E-state index is 12.5. The molecule has 0 radical (unpaired) electrons. The molecule has 0 aliphatic carbocycles. The van der Waals surface area contributed by atoms with E-state index in [1.807, 2.05) is 0 Å². The van der Waals surface area contributed by atoms with E-state index in [0.29, 0.717) is 13.1 Å². The number of halogens is 3. The van der Waals surface area contributed by atoms with Gasteiger partial charge < -0.3 is 5.32 Å². The minimum absolute atomic E-state index is 0.110. The van der Waals surface area contributed by atoms with Gasteiger partial charge in [0.15, 0.2) is 0 Å². The van der Waals surface area contributed by atoms with Crippen LogP contribution in [0.5, 0.6) is 0 Å². The molecule has 1 aromatic heterocycles. The number of nitrogens with zero attached hydrogens (tertiary/aromatic N) is 3. The van der Waals surface area contributed by atoms with E-state index in [1.54, 1.807) is 4.31 Å². The zero-order valence-corrected chi connectivity index (χ0v) is 11.5. The summed E-state index contributed by atoms with van der Waals surface area (Å²) >= 11 is 0. The van der Waals surface area contributed by atoms with E-state index in [1.165, 1.54) is 6.92 Å². The van der Waals surface area contributed by atoms with Gasteiger partial charge in [0.1, 0.15) is 11.0 Å². The fraction of sp³-hybridized carbons (Fsp3) is 0.636. The highest BCUT2D eigenvalue weighted by atomic mass is 32.2. The average molecular weight is 306 g/mol. The topological polar surface area (TPSA) is 58.1 Å². The van der Waals surface area contributed by atoms with Crippen LogP contribution in [-0.2, 0) is 17.2 Å². The lowest BCUT2D eigenvalue weighted by molar-refractivity contribution is -0.145. The number of aromatic nitrogens is 2. The van der Waals surface area contributed by atoms with Gasteiger partial charge in [-0.25, -0.2) is 18.5 Å². The lowest BCUT2D eigenvalue weighted by Gasteiger charge is -2.55. The normalized spacial score (nSPS) is 23.2. The van der Waals surface area contributed by atoms with E-state index >= 15 is 0 Å². The summed E-state index contributed by atoms with van der Waals surface area (Å²) in [4.78, 5) is 6.93. The summed E-state index contributed by atoms with van der Waals surface area (Å²) in [5, 5.41) is 3.16. The van der Waals surface area contributed by atoms with Crippen LogP contribution in [0.2, 0.25) is 0 Å². The SMILES string of the molecule is Cc1nc(C(F)(F)F)ncc1S(=O)N1CC2(CNC2)C1. The van der Waals surface area contributed by atoms with Gasteiger partial charge in [-0.2, -0.15) is 13.2 Å². The molecular weight excluding hydrogens is 293 g/mol. The Morgan fingerprint density at radius 3 is 2.50 bits per heavy atom. The highest BCUT2D eigenvalue weighted by molar-refractivity contribution is 7.82. The highest BCUT2D eigenvalue weighted by Crippen LogP contribution is 2.36. The molecule has 2 aliphatic rings. The molecule has 20 heavy (non-hydrogen) atoms. The molecule has 1 atom stereocenters. The first-order valence-corrected chi connectivity index (χ1v) is 7.20.